The molecular weight excluding hydrogens is 360 g/mol. The van der Waals surface area contributed by atoms with Crippen LogP contribution in [0.4, 0.5) is 0 Å². The van der Waals surface area contributed by atoms with Crippen LogP contribution in [0.5, 0.6) is 0 Å². The molecule has 3 aliphatic rings. The van der Waals surface area contributed by atoms with Crippen molar-refractivity contribution in [2.45, 2.75) is 83.5 Å². The summed E-state index contributed by atoms with van der Waals surface area (Å²) in [6.07, 6.45) is 14.5. The molecule has 0 aromatic heterocycles. The zero-order valence-electron chi connectivity index (χ0n) is 19.6. The second kappa shape index (κ2) is 6.46. The van der Waals surface area contributed by atoms with Crippen LogP contribution in [0.3, 0.4) is 0 Å². The van der Waals surface area contributed by atoms with Crippen molar-refractivity contribution in [2.75, 3.05) is 0 Å². The van der Waals surface area contributed by atoms with E-state index in [4.69, 9.17) is 0 Å². The number of allylic oxidation sites excluding steroid dienone is 4. The predicted molar refractivity (Wildman–Crippen MR) is 129 cm³/mol. The summed E-state index contributed by atoms with van der Waals surface area (Å²) < 4.78 is 0. The second-order valence-corrected chi connectivity index (χ2v) is 11.9. The van der Waals surface area contributed by atoms with Crippen molar-refractivity contribution in [3.63, 3.8) is 0 Å². The predicted octanol–water partition coefficient (Wildman–Crippen LogP) is 8.02. The first-order chi connectivity index (χ1) is 14.1. The quantitative estimate of drug-likeness (QED) is 0.411. The van der Waals surface area contributed by atoms with E-state index >= 15 is 0 Å². The molecule has 30 heavy (non-hydrogen) atoms. The van der Waals surface area contributed by atoms with Gasteiger partial charge >= 0.3 is 0 Å². The molecule has 0 unspecified atom stereocenters. The molecule has 3 aliphatic carbocycles. The van der Waals surface area contributed by atoms with Gasteiger partial charge in [0, 0.05) is 11.3 Å². The Hall–Kier alpha value is -2.08. The Kier molecular flexibility index (Phi) is 4.27. The molecule has 1 fully saturated rings. The van der Waals surface area contributed by atoms with Crippen LogP contribution in [0.25, 0.3) is 11.1 Å². The number of fused-ring (bicyclic) bond motifs is 3. The van der Waals surface area contributed by atoms with E-state index in [0.29, 0.717) is 5.92 Å². The van der Waals surface area contributed by atoms with Gasteiger partial charge in [0.1, 0.15) is 0 Å². The van der Waals surface area contributed by atoms with E-state index in [-0.39, 0.29) is 16.2 Å². The van der Waals surface area contributed by atoms with E-state index in [0.717, 1.165) is 6.42 Å². The lowest BCUT2D eigenvalue weighted by molar-refractivity contribution is 0.200. The summed E-state index contributed by atoms with van der Waals surface area (Å²) in [6, 6.07) is 12.1. The first-order valence-corrected chi connectivity index (χ1v) is 11.8. The first-order valence-electron chi connectivity index (χ1n) is 11.8. The molecule has 2 aromatic rings. The topological polar surface area (TPSA) is 0 Å². The Balaban J connectivity index is 1.72. The second-order valence-electron chi connectivity index (χ2n) is 11.9. The molecule has 5 rings (SSSR count). The number of hydrogen-bond donors (Lipinski definition) is 0. The van der Waals surface area contributed by atoms with Gasteiger partial charge in [-0.2, -0.15) is 0 Å². The Morgan fingerprint density at radius 1 is 0.800 bits per heavy atom. The SMILES string of the molecule is CC(C)(C)c1ccc2c(c1)Cc1c-2ccc(C(C)(C)C)c1C1(C2C=CC=C2)CCC1. The van der Waals surface area contributed by atoms with Gasteiger partial charge in [-0.3, -0.25) is 0 Å². The molecule has 0 aliphatic heterocycles. The van der Waals surface area contributed by atoms with Crippen LogP contribution in [0.15, 0.2) is 54.6 Å². The van der Waals surface area contributed by atoms with Gasteiger partial charge in [-0.15, -0.1) is 0 Å². The van der Waals surface area contributed by atoms with Crippen molar-refractivity contribution in [1.29, 1.82) is 0 Å². The third-order valence-electron chi connectivity index (χ3n) is 7.88. The van der Waals surface area contributed by atoms with Crippen LogP contribution >= 0.6 is 0 Å². The van der Waals surface area contributed by atoms with Crippen molar-refractivity contribution in [3.05, 3.63) is 82.5 Å². The van der Waals surface area contributed by atoms with Gasteiger partial charge in [0.15, 0.2) is 0 Å². The van der Waals surface area contributed by atoms with Crippen LogP contribution in [-0.4, -0.2) is 0 Å². The molecule has 0 heterocycles. The van der Waals surface area contributed by atoms with Crippen LogP contribution < -0.4 is 0 Å². The van der Waals surface area contributed by atoms with Gasteiger partial charge in [0.25, 0.3) is 0 Å². The molecule has 0 nitrogen and oxygen atoms in total. The highest BCUT2D eigenvalue weighted by Gasteiger charge is 2.48. The highest BCUT2D eigenvalue weighted by atomic mass is 14.5. The minimum absolute atomic E-state index is 0.157. The van der Waals surface area contributed by atoms with E-state index in [1.54, 1.807) is 16.7 Å². The standard InChI is InChI=1S/C30H36/c1-28(2,3)22-12-13-23-20(18-22)19-25-24(23)14-15-26(29(4,5)6)27(25)30(16-9-17-30)21-10-7-8-11-21/h7-8,10-15,18,21H,9,16-17,19H2,1-6H3. The summed E-state index contributed by atoms with van der Waals surface area (Å²) >= 11 is 0. The van der Waals surface area contributed by atoms with E-state index in [2.05, 4.69) is 96.2 Å². The summed E-state index contributed by atoms with van der Waals surface area (Å²) in [4.78, 5) is 0. The van der Waals surface area contributed by atoms with Gasteiger partial charge in [-0.25, -0.2) is 0 Å². The maximum absolute atomic E-state index is 2.48. The molecule has 0 heteroatoms. The Morgan fingerprint density at radius 3 is 2.03 bits per heavy atom. The molecule has 0 spiro atoms. The number of rotatable bonds is 2. The first kappa shape index (κ1) is 19.9. The maximum Gasteiger partial charge on any atom is 0.00566 e. The molecule has 0 atom stereocenters. The van der Waals surface area contributed by atoms with Crippen molar-refractivity contribution in [1.82, 2.24) is 0 Å². The lowest BCUT2D eigenvalue weighted by Gasteiger charge is -2.49. The average molecular weight is 397 g/mol. The average Bonchev–Trinajstić information content (AvgIpc) is 3.26. The monoisotopic (exact) mass is 396 g/mol. The van der Waals surface area contributed by atoms with E-state index in [9.17, 15) is 0 Å². The Bertz CT molecular complexity index is 1050. The molecule has 0 radical (unpaired) electrons. The van der Waals surface area contributed by atoms with Gasteiger partial charge in [0.05, 0.1) is 0 Å². The molecule has 0 N–H and O–H groups in total. The molecule has 0 bridgehead atoms. The summed E-state index contributed by atoms with van der Waals surface area (Å²) in [6.45, 7) is 14.1. The highest BCUT2D eigenvalue weighted by molar-refractivity contribution is 5.80. The summed E-state index contributed by atoms with van der Waals surface area (Å²) in [5.74, 6) is 0.549. The van der Waals surface area contributed by atoms with Gasteiger partial charge in [-0.05, 0) is 69.0 Å². The van der Waals surface area contributed by atoms with E-state index < -0.39 is 0 Å². The lowest BCUT2D eigenvalue weighted by atomic mass is 9.54. The van der Waals surface area contributed by atoms with Crippen LogP contribution in [0.2, 0.25) is 0 Å². The van der Waals surface area contributed by atoms with Crippen molar-refractivity contribution < 1.29 is 0 Å². The normalized spacial score (nSPS) is 19.7. The molecule has 156 valence electrons. The zero-order valence-corrected chi connectivity index (χ0v) is 19.6. The van der Waals surface area contributed by atoms with Crippen molar-refractivity contribution in [3.8, 4) is 11.1 Å². The van der Waals surface area contributed by atoms with Crippen LogP contribution in [0.1, 0.15) is 88.6 Å². The molecule has 0 amide bonds. The summed E-state index contributed by atoms with van der Waals surface area (Å²) in [7, 11) is 0. The van der Waals surface area contributed by atoms with Crippen LogP contribution in [0, 0.1) is 5.92 Å². The number of benzene rings is 2. The van der Waals surface area contributed by atoms with E-state index in [1.165, 1.54) is 41.5 Å². The third kappa shape index (κ3) is 2.87. The van der Waals surface area contributed by atoms with Gasteiger partial charge in [0.2, 0.25) is 0 Å². The Morgan fingerprint density at radius 2 is 1.47 bits per heavy atom. The summed E-state index contributed by atoms with van der Waals surface area (Å²) in [5, 5.41) is 0. The fourth-order valence-corrected chi connectivity index (χ4v) is 6.05. The smallest absolute Gasteiger partial charge is 0.00566 e. The fraction of sp³-hybridized carbons (Fsp3) is 0.467. The Labute approximate surface area is 183 Å². The minimum atomic E-state index is 0.157. The molecular formula is C30H36. The van der Waals surface area contributed by atoms with Gasteiger partial charge < -0.3 is 0 Å². The third-order valence-corrected chi connectivity index (χ3v) is 7.88. The highest BCUT2D eigenvalue weighted by Crippen LogP contribution is 2.57. The minimum Gasteiger partial charge on any atom is -0.0767 e. The fourth-order valence-electron chi connectivity index (χ4n) is 6.05. The molecule has 2 aromatic carbocycles. The largest absolute Gasteiger partial charge is 0.0767 e. The number of hydrogen-bond acceptors (Lipinski definition) is 0. The van der Waals surface area contributed by atoms with Crippen molar-refractivity contribution in [2.24, 2.45) is 5.92 Å². The van der Waals surface area contributed by atoms with Gasteiger partial charge in [-0.1, -0.05) is 103 Å². The molecule has 0 saturated heterocycles. The van der Waals surface area contributed by atoms with Crippen molar-refractivity contribution >= 4 is 0 Å². The lowest BCUT2D eigenvalue weighted by Crippen LogP contribution is -2.42. The molecule has 1 saturated carbocycles. The zero-order chi connectivity index (χ0) is 21.3. The van der Waals surface area contributed by atoms with E-state index in [1.807, 2.05) is 0 Å². The maximum atomic E-state index is 2.48. The summed E-state index contributed by atoms with van der Waals surface area (Å²) in [5.41, 5.74) is 11.4. The van der Waals surface area contributed by atoms with Crippen LogP contribution in [-0.2, 0) is 22.7 Å².